The minimum absolute atomic E-state index is 0.587. The molecule has 0 N–H and O–H groups in total. The lowest BCUT2D eigenvalue weighted by molar-refractivity contribution is -0.472. The van der Waals surface area contributed by atoms with Gasteiger partial charge in [-0.2, -0.15) is 96.5 Å². The number of nitrogens with zero attached hydrogens (tertiary/aromatic N) is 1. The predicted octanol–water partition coefficient (Wildman–Crippen LogP) is 7.53. The number of rotatable bonds is 19. The Hall–Kier alpha value is -1.46. The van der Waals surface area contributed by atoms with Crippen LogP contribution >= 0.6 is 0 Å². The van der Waals surface area contributed by atoms with Crippen molar-refractivity contribution in [3.63, 3.8) is 0 Å². The van der Waals surface area contributed by atoms with Gasteiger partial charge in [-0.05, 0) is 12.8 Å². The van der Waals surface area contributed by atoms with Gasteiger partial charge in [0.25, 0.3) is 10.0 Å². The Labute approximate surface area is 256 Å². The molecule has 48 heavy (non-hydrogen) atoms. The first kappa shape index (κ1) is 46.5. The van der Waals surface area contributed by atoms with Gasteiger partial charge in [-0.3, -0.25) is 0 Å². The van der Waals surface area contributed by atoms with Crippen molar-refractivity contribution in [2.24, 2.45) is 0 Å². The minimum Gasteiger partial charge on any atom is -0.377 e. The smallest absolute Gasteiger partial charge is 0.377 e. The average molecular weight is 803 g/mol. The summed E-state index contributed by atoms with van der Waals surface area (Å²) in [5, 5.41) is -7.82. The van der Waals surface area contributed by atoms with Crippen LogP contribution in [0.4, 0.5) is 92.2 Å². The number of sulfonamides is 1. The van der Waals surface area contributed by atoms with Gasteiger partial charge >= 0.3 is 67.6 Å². The first-order valence-corrected chi connectivity index (χ1v) is 15.3. The third kappa shape index (κ3) is 6.55. The van der Waals surface area contributed by atoms with Crippen LogP contribution in [0.3, 0.4) is 0 Å². The van der Waals surface area contributed by atoms with Gasteiger partial charge in [-0.1, -0.05) is 6.92 Å². The van der Waals surface area contributed by atoms with Crippen molar-refractivity contribution in [1.29, 1.82) is 0 Å². The SMILES string of the molecule is CCCN(CCC[Si](OC)(OC)OC)S(=O)(=O)C(F)(F)C(F)(F)C(F)(F)C(F)(F)C(F)(F)C(F)(F)C(F)(F)C(F)(F)C(F)(F)C(F)(F)F. The molecule has 0 atom stereocenters. The minimum atomic E-state index is -9.38. The molecule has 0 spiro atoms. The molecule has 0 aromatic rings. The van der Waals surface area contributed by atoms with Gasteiger partial charge < -0.3 is 13.3 Å². The molecule has 0 aromatic carbocycles. The van der Waals surface area contributed by atoms with Gasteiger partial charge in [0, 0.05) is 40.5 Å². The molecular formula is C19H22F21NO5SSi. The lowest BCUT2D eigenvalue weighted by Crippen LogP contribution is -2.77. The summed E-state index contributed by atoms with van der Waals surface area (Å²) in [6.07, 6.45) is -9.61. The van der Waals surface area contributed by atoms with Crippen LogP contribution in [0.2, 0.25) is 6.04 Å². The predicted molar refractivity (Wildman–Crippen MR) is 118 cm³/mol. The topological polar surface area (TPSA) is 65.1 Å². The second-order valence-corrected chi connectivity index (χ2v) is 14.5. The van der Waals surface area contributed by atoms with Crippen LogP contribution in [-0.4, -0.2) is 115 Å². The molecule has 0 fully saturated rings. The van der Waals surface area contributed by atoms with Gasteiger partial charge in [0.05, 0.1) is 0 Å². The second-order valence-electron chi connectivity index (χ2n) is 9.41. The summed E-state index contributed by atoms with van der Waals surface area (Å²) in [7, 11) is -8.50. The summed E-state index contributed by atoms with van der Waals surface area (Å²) in [6.45, 7) is -1.95. The molecule has 0 aliphatic heterocycles. The molecule has 0 aromatic heterocycles. The Kier molecular flexibility index (Phi) is 13.2. The van der Waals surface area contributed by atoms with E-state index in [-0.39, 0.29) is 0 Å². The van der Waals surface area contributed by atoms with E-state index >= 15 is 0 Å². The summed E-state index contributed by atoms with van der Waals surface area (Å²) in [5.41, 5.74) is 0. The molecule has 0 radical (unpaired) electrons. The monoisotopic (exact) mass is 803 g/mol. The fourth-order valence-electron chi connectivity index (χ4n) is 3.50. The standard InChI is InChI=1S/C19H22F21NO5SSi/c1-5-7-41(8-6-9-48(44-2,45-3)46-4)47(42,43)19(39,40)17(34,35)15(30,31)13(26,27)11(22,23)10(20,21)12(24,25)14(28,29)16(32,33)18(36,37)38/h5-9H2,1-4H3. The number of hydrogen-bond donors (Lipinski definition) is 0. The molecule has 0 bridgehead atoms. The molecule has 0 saturated heterocycles. The third-order valence-electron chi connectivity index (χ3n) is 6.44. The lowest BCUT2D eigenvalue weighted by Gasteiger charge is -2.44. The molecule has 0 aliphatic carbocycles. The highest BCUT2D eigenvalue weighted by atomic mass is 32.2. The third-order valence-corrected chi connectivity index (χ3v) is 11.2. The Morgan fingerprint density at radius 1 is 0.500 bits per heavy atom. The van der Waals surface area contributed by atoms with Crippen LogP contribution < -0.4 is 0 Å². The highest BCUT2D eigenvalue weighted by Gasteiger charge is 2.98. The summed E-state index contributed by atoms with van der Waals surface area (Å²) in [6, 6.07) is -0.587. The Morgan fingerprint density at radius 2 is 0.792 bits per heavy atom. The summed E-state index contributed by atoms with van der Waals surface area (Å²) in [5.74, 6) is -72.4. The van der Waals surface area contributed by atoms with Crippen molar-refractivity contribution in [2.45, 2.75) is 84.6 Å². The second kappa shape index (κ2) is 13.6. The molecule has 0 aliphatic rings. The molecular weight excluding hydrogens is 781 g/mol. The van der Waals surface area contributed by atoms with E-state index in [4.69, 9.17) is 13.3 Å². The number of alkyl halides is 21. The maximum atomic E-state index is 14.7. The molecule has 0 unspecified atom stereocenters. The molecule has 290 valence electrons. The molecule has 0 saturated carbocycles. The van der Waals surface area contributed by atoms with Gasteiger partial charge in [0.15, 0.2) is 0 Å². The fraction of sp³-hybridized carbons (Fsp3) is 1.00. The van der Waals surface area contributed by atoms with Gasteiger partial charge in [0.2, 0.25) is 0 Å². The van der Waals surface area contributed by atoms with E-state index in [2.05, 4.69) is 0 Å². The largest absolute Gasteiger partial charge is 0.500 e. The van der Waals surface area contributed by atoms with Gasteiger partial charge in [-0.15, -0.1) is 0 Å². The van der Waals surface area contributed by atoms with Gasteiger partial charge in [-0.25, -0.2) is 8.42 Å². The van der Waals surface area contributed by atoms with E-state index in [0.29, 0.717) is 0 Å². The van der Waals surface area contributed by atoms with Crippen LogP contribution in [0, 0.1) is 0 Å². The molecule has 0 amide bonds. The summed E-state index contributed by atoms with van der Waals surface area (Å²) >= 11 is 0. The highest BCUT2D eigenvalue weighted by molar-refractivity contribution is 7.90. The summed E-state index contributed by atoms with van der Waals surface area (Å²) in [4.78, 5) is 0. The van der Waals surface area contributed by atoms with Crippen molar-refractivity contribution >= 4 is 18.8 Å². The maximum absolute atomic E-state index is 14.7. The zero-order valence-electron chi connectivity index (χ0n) is 23.9. The van der Waals surface area contributed by atoms with E-state index in [1.807, 2.05) is 0 Å². The van der Waals surface area contributed by atoms with Crippen molar-refractivity contribution in [1.82, 2.24) is 4.31 Å². The van der Waals surface area contributed by atoms with Gasteiger partial charge in [0.1, 0.15) is 0 Å². The highest BCUT2D eigenvalue weighted by Crippen LogP contribution is 2.66. The van der Waals surface area contributed by atoms with E-state index in [9.17, 15) is 101 Å². The first-order valence-electron chi connectivity index (χ1n) is 12.0. The molecule has 29 heteroatoms. The Balaban J connectivity index is 7.15. The van der Waals surface area contributed by atoms with Crippen molar-refractivity contribution in [3.8, 4) is 0 Å². The number of hydrogen-bond acceptors (Lipinski definition) is 5. The normalized spacial score (nSPS) is 16.2. The van der Waals surface area contributed by atoms with Crippen LogP contribution in [-0.2, 0) is 23.3 Å². The molecule has 0 heterocycles. The fourth-order valence-corrected chi connectivity index (χ4v) is 6.77. The zero-order chi connectivity index (χ0) is 39.2. The van der Waals surface area contributed by atoms with Crippen LogP contribution in [0.1, 0.15) is 19.8 Å². The van der Waals surface area contributed by atoms with Crippen LogP contribution in [0.25, 0.3) is 0 Å². The summed E-state index contributed by atoms with van der Waals surface area (Å²) < 4.78 is 325. The van der Waals surface area contributed by atoms with E-state index in [1.54, 1.807) is 0 Å². The van der Waals surface area contributed by atoms with Crippen molar-refractivity contribution < 1.29 is 114 Å². The van der Waals surface area contributed by atoms with E-state index in [0.717, 1.165) is 28.3 Å². The Bertz CT molecular complexity index is 1200. The van der Waals surface area contributed by atoms with Crippen molar-refractivity contribution in [3.05, 3.63) is 0 Å². The maximum Gasteiger partial charge on any atom is 0.500 e. The van der Waals surface area contributed by atoms with Crippen molar-refractivity contribution in [2.75, 3.05) is 34.4 Å². The van der Waals surface area contributed by atoms with E-state index < -0.39 is 114 Å². The molecule has 0 rings (SSSR count). The average Bonchev–Trinajstić information content (AvgIpc) is 2.93. The van der Waals surface area contributed by atoms with Crippen LogP contribution in [0.15, 0.2) is 0 Å². The zero-order valence-corrected chi connectivity index (χ0v) is 25.7. The Morgan fingerprint density at radius 3 is 1.06 bits per heavy atom. The molecule has 6 nitrogen and oxygen atoms in total. The van der Waals surface area contributed by atoms with E-state index in [1.165, 1.54) is 0 Å². The van der Waals surface area contributed by atoms with Crippen LogP contribution in [0.5, 0.6) is 0 Å². The first-order chi connectivity index (χ1) is 20.8. The lowest BCUT2D eigenvalue weighted by atomic mass is 9.87. The number of halogens is 21. The quantitative estimate of drug-likeness (QED) is 0.0999.